The summed E-state index contributed by atoms with van der Waals surface area (Å²) < 4.78 is 0. The zero-order chi connectivity index (χ0) is 42.4. The summed E-state index contributed by atoms with van der Waals surface area (Å²) in [5.41, 5.74) is 21.5. The summed E-state index contributed by atoms with van der Waals surface area (Å²) in [5, 5.41) is 0. The Morgan fingerprint density at radius 3 is 1.32 bits per heavy atom. The zero-order valence-corrected chi connectivity index (χ0v) is 38.5. The van der Waals surface area contributed by atoms with E-state index in [9.17, 15) is 0 Å². The van der Waals surface area contributed by atoms with Crippen molar-refractivity contribution in [3.63, 3.8) is 0 Å². The van der Waals surface area contributed by atoms with Gasteiger partial charge in [-0.25, -0.2) is 0 Å². The van der Waals surface area contributed by atoms with Gasteiger partial charge >= 0.3 is 0 Å². The molecule has 60 heavy (non-hydrogen) atoms. The highest BCUT2D eigenvalue weighted by Crippen LogP contribution is 2.51. The normalized spacial score (nSPS) is 13.0. The summed E-state index contributed by atoms with van der Waals surface area (Å²) in [7, 11) is 0. The predicted octanol–water partition coefficient (Wildman–Crippen LogP) is 17.5. The monoisotopic (exact) mass is 794 g/mol. The molecular weight excluding hydrogens is 723 g/mol. The molecule has 0 saturated heterocycles. The van der Waals surface area contributed by atoms with Gasteiger partial charge in [0.1, 0.15) is 0 Å². The van der Waals surface area contributed by atoms with Gasteiger partial charge in [-0.2, -0.15) is 0 Å². The molecule has 6 aromatic carbocycles. The lowest BCUT2D eigenvalue weighted by molar-refractivity contribution is 0.590. The lowest BCUT2D eigenvalue weighted by Crippen LogP contribution is -2.17. The SMILES string of the molecule is CCCCc1cc(CCCC)cc(-c2cc(-c3cc(CCCC)cc(CCCC)c3)cc(N(c3ccc(C(C)(C)C)cc3)c3ccc4c(c3)C(C)(C)c3ccccc3-4)c2)c1. The van der Waals surface area contributed by atoms with Crippen LogP contribution in [0.25, 0.3) is 33.4 Å². The Morgan fingerprint density at radius 2 is 0.850 bits per heavy atom. The van der Waals surface area contributed by atoms with E-state index < -0.39 is 0 Å². The number of hydrogen-bond donors (Lipinski definition) is 0. The van der Waals surface area contributed by atoms with Gasteiger partial charge in [0.05, 0.1) is 0 Å². The van der Waals surface area contributed by atoms with Crippen LogP contribution in [0.1, 0.15) is 153 Å². The summed E-state index contributed by atoms with van der Waals surface area (Å²) >= 11 is 0. The Balaban J connectivity index is 1.48. The molecule has 0 spiro atoms. The van der Waals surface area contributed by atoms with Crippen LogP contribution in [0.4, 0.5) is 17.1 Å². The van der Waals surface area contributed by atoms with E-state index in [0.29, 0.717) is 0 Å². The van der Waals surface area contributed by atoms with Gasteiger partial charge < -0.3 is 4.90 Å². The van der Waals surface area contributed by atoms with Crippen LogP contribution < -0.4 is 4.90 Å². The molecule has 6 aromatic rings. The van der Waals surface area contributed by atoms with Crippen molar-refractivity contribution < 1.29 is 0 Å². The number of aryl methyl sites for hydroxylation is 4. The molecule has 1 aliphatic carbocycles. The van der Waals surface area contributed by atoms with Crippen molar-refractivity contribution in [2.45, 2.75) is 150 Å². The second-order valence-electron chi connectivity index (χ2n) is 19.3. The maximum atomic E-state index is 2.54. The molecule has 0 aliphatic heterocycles. The highest BCUT2D eigenvalue weighted by molar-refractivity contribution is 5.88. The van der Waals surface area contributed by atoms with Gasteiger partial charge in [0.25, 0.3) is 0 Å². The van der Waals surface area contributed by atoms with Gasteiger partial charge in [-0.3, -0.25) is 0 Å². The summed E-state index contributed by atoms with van der Waals surface area (Å²) in [5.74, 6) is 0. The molecule has 0 unspecified atom stereocenters. The van der Waals surface area contributed by atoms with Crippen molar-refractivity contribution in [2.24, 2.45) is 0 Å². The van der Waals surface area contributed by atoms with Crippen LogP contribution in [0.5, 0.6) is 0 Å². The van der Waals surface area contributed by atoms with Crippen LogP contribution in [0.15, 0.2) is 121 Å². The topological polar surface area (TPSA) is 3.24 Å². The minimum absolute atomic E-state index is 0.0658. The van der Waals surface area contributed by atoms with Crippen LogP contribution in [0, 0.1) is 0 Å². The van der Waals surface area contributed by atoms with Crippen molar-refractivity contribution in [3.05, 3.63) is 160 Å². The first-order chi connectivity index (χ1) is 28.9. The number of fused-ring (bicyclic) bond motifs is 3. The Morgan fingerprint density at radius 1 is 0.417 bits per heavy atom. The van der Waals surface area contributed by atoms with Crippen molar-refractivity contribution in [1.29, 1.82) is 0 Å². The van der Waals surface area contributed by atoms with Crippen molar-refractivity contribution in [3.8, 4) is 33.4 Å². The Kier molecular flexibility index (Phi) is 13.5. The minimum atomic E-state index is -0.0989. The van der Waals surface area contributed by atoms with Crippen LogP contribution in [-0.2, 0) is 36.5 Å². The fourth-order valence-electron chi connectivity index (χ4n) is 9.42. The van der Waals surface area contributed by atoms with E-state index >= 15 is 0 Å². The number of rotatable bonds is 17. The first-order valence-electron chi connectivity index (χ1n) is 23.5. The van der Waals surface area contributed by atoms with Gasteiger partial charge in [-0.05, 0) is 172 Å². The average molecular weight is 794 g/mol. The van der Waals surface area contributed by atoms with Gasteiger partial charge in [-0.15, -0.1) is 0 Å². The molecule has 0 fully saturated rings. The largest absolute Gasteiger partial charge is 0.310 e. The molecule has 0 saturated carbocycles. The average Bonchev–Trinajstić information content (AvgIpc) is 3.48. The third kappa shape index (κ3) is 9.52. The quantitative estimate of drug-likeness (QED) is 0.0889. The minimum Gasteiger partial charge on any atom is -0.310 e. The van der Waals surface area contributed by atoms with Gasteiger partial charge in [0, 0.05) is 22.5 Å². The lowest BCUT2D eigenvalue weighted by atomic mass is 9.82. The third-order valence-corrected chi connectivity index (χ3v) is 13.0. The van der Waals surface area contributed by atoms with Gasteiger partial charge in [0.2, 0.25) is 0 Å². The van der Waals surface area contributed by atoms with E-state index in [2.05, 4.69) is 189 Å². The molecule has 0 heterocycles. The van der Waals surface area contributed by atoms with E-state index in [0.717, 1.165) is 25.7 Å². The molecule has 1 heteroatoms. The molecule has 0 aromatic heterocycles. The molecule has 7 rings (SSSR count). The number of nitrogens with zero attached hydrogens (tertiary/aromatic N) is 1. The van der Waals surface area contributed by atoms with E-state index in [1.54, 1.807) is 0 Å². The molecule has 0 bridgehead atoms. The molecule has 0 N–H and O–H groups in total. The fraction of sp³-hybridized carbons (Fsp3) is 0.390. The first-order valence-corrected chi connectivity index (χ1v) is 23.5. The summed E-state index contributed by atoms with van der Waals surface area (Å²) in [6.45, 7) is 20.9. The maximum Gasteiger partial charge on any atom is 0.0473 e. The Bertz CT molecular complexity index is 2250. The summed E-state index contributed by atoms with van der Waals surface area (Å²) in [6.07, 6.45) is 14.1. The molecular formula is C59H71N. The first kappa shape index (κ1) is 43.2. The number of benzene rings is 6. The van der Waals surface area contributed by atoms with E-state index in [1.165, 1.54) is 141 Å². The highest BCUT2D eigenvalue weighted by Gasteiger charge is 2.36. The second kappa shape index (κ2) is 18.8. The number of anilines is 3. The van der Waals surface area contributed by atoms with Gasteiger partial charge in [-0.1, -0.05) is 167 Å². The zero-order valence-electron chi connectivity index (χ0n) is 38.5. The van der Waals surface area contributed by atoms with Crippen LogP contribution >= 0.6 is 0 Å². The van der Waals surface area contributed by atoms with Crippen molar-refractivity contribution in [2.75, 3.05) is 4.90 Å². The molecule has 0 atom stereocenters. The molecule has 1 nitrogen and oxygen atoms in total. The molecule has 0 radical (unpaired) electrons. The highest BCUT2D eigenvalue weighted by atomic mass is 15.1. The van der Waals surface area contributed by atoms with E-state index in [-0.39, 0.29) is 10.8 Å². The summed E-state index contributed by atoms with van der Waals surface area (Å²) in [6, 6.07) is 48.0. The van der Waals surface area contributed by atoms with E-state index in [1.807, 2.05) is 0 Å². The van der Waals surface area contributed by atoms with Crippen molar-refractivity contribution in [1.82, 2.24) is 0 Å². The fourth-order valence-corrected chi connectivity index (χ4v) is 9.42. The predicted molar refractivity (Wildman–Crippen MR) is 263 cm³/mol. The Labute approximate surface area is 364 Å². The van der Waals surface area contributed by atoms with Gasteiger partial charge in [0.15, 0.2) is 0 Å². The summed E-state index contributed by atoms with van der Waals surface area (Å²) in [4.78, 5) is 2.54. The standard InChI is InChI=1S/C59H71N/c1-10-14-20-42-32-43(21-15-11-2)35-46(34-42)48-38-49(47-36-44(22-16-12-3)33-45(37-47)23-17-13-4)40-53(39-48)60(51-28-26-50(27-29-51)58(5,6)7)52-30-31-55-54-24-18-19-25-56(54)59(8,9)57(55)41-52/h18-19,24-41H,10-17,20-23H2,1-9H3. The molecule has 1 aliphatic rings. The Hall–Kier alpha value is -4.88. The van der Waals surface area contributed by atoms with Crippen LogP contribution in [0.3, 0.4) is 0 Å². The smallest absolute Gasteiger partial charge is 0.0473 e. The van der Waals surface area contributed by atoms with Crippen LogP contribution in [0.2, 0.25) is 0 Å². The number of unbranched alkanes of at least 4 members (excludes halogenated alkanes) is 4. The van der Waals surface area contributed by atoms with Crippen LogP contribution in [-0.4, -0.2) is 0 Å². The maximum absolute atomic E-state index is 2.54. The van der Waals surface area contributed by atoms with E-state index in [4.69, 9.17) is 0 Å². The molecule has 0 amide bonds. The molecule has 312 valence electrons. The van der Waals surface area contributed by atoms with Crippen molar-refractivity contribution >= 4 is 17.1 Å². The lowest BCUT2D eigenvalue weighted by Gasteiger charge is -2.30. The number of hydrogen-bond acceptors (Lipinski definition) is 1. The third-order valence-electron chi connectivity index (χ3n) is 13.0. The second-order valence-corrected chi connectivity index (χ2v) is 19.3.